The van der Waals surface area contributed by atoms with Crippen LogP contribution in [-0.2, 0) is 9.63 Å². The van der Waals surface area contributed by atoms with Gasteiger partial charge in [0.05, 0.1) is 5.69 Å². The van der Waals surface area contributed by atoms with E-state index in [0.717, 1.165) is 11.3 Å². The highest BCUT2D eigenvalue weighted by Gasteiger charge is 1.97. The van der Waals surface area contributed by atoms with Gasteiger partial charge in [0.1, 0.15) is 0 Å². The van der Waals surface area contributed by atoms with E-state index < -0.39 is 0 Å². The van der Waals surface area contributed by atoms with Crippen molar-refractivity contribution in [3.8, 4) is 0 Å². The van der Waals surface area contributed by atoms with Gasteiger partial charge in [0, 0.05) is 6.92 Å². The quantitative estimate of drug-likeness (QED) is 0.707. The average molecular weight is 179 g/mol. The summed E-state index contributed by atoms with van der Waals surface area (Å²) >= 11 is 0. The first-order valence-electron chi connectivity index (χ1n) is 4.10. The summed E-state index contributed by atoms with van der Waals surface area (Å²) in [6.07, 6.45) is 0. The molecule has 70 valence electrons. The smallest absolute Gasteiger partial charge is 0.329 e. The van der Waals surface area contributed by atoms with Crippen LogP contribution in [0, 0.1) is 13.8 Å². The lowest BCUT2D eigenvalue weighted by Gasteiger charge is -2.06. The molecule has 3 nitrogen and oxygen atoms in total. The van der Waals surface area contributed by atoms with Gasteiger partial charge in [-0.15, -0.1) is 0 Å². The maximum absolute atomic E-state index is 10.5. The highest BCUT2D eigenvalue weighted by Crippen LogP contribution is 2.13. The lowest BCUT2D eigenvalue weighted by molar-refractivity contribution is -0.138. The van der Waals surface area contributed by atoms with E-state index in [-0.39, 0.29) is 5.97 Å². The minimum atomic E-state index is -0.349. The van der Waals surface area contributed by atoms with Crippen LogP contribution in [0.25, 0.3) is 0 Å². The molecule has 1 aromatic rings. The van der Waals surface area contributed by atoms with E-state index >= 15 is 0 Å². The van der Waals surface area contributed by atoms with Crippen LogP contribution in [0.1, 0.15) is 18.1 Å². The maximum Gasteiger partial charge on any atom is 0.329 e. The Morgan fingerprint density at radius 2 is 2.00 bits per heavy atom. The average Bonchev–Trinajstić information content (AvgIpc) is 2.07. The first-order chi connectivity index (χ1) is 6.09. The Morgan fingerprint density at radius 3 is 2.54 bits per heavy atom. The van der Waals surface area contributed by atoms with Gasteiger partial charge in [-0.25, -0.2) is 5.48 Å². The summed E-state index contributed by atoms with van der Waals surface area (Å²) in [5, 5.41) is 0. The molecule has 0 heterocycles. The van der Waals surface area contributed by atoms with Crippen LogP contribution in [0.2, 0.25) is 0 Å². The van der Waals surface area contributed by atoms with Crippen molar-refractivity contribution in [3.05, 3.63) is 29.3 Å². The van der Waals surface area contributed by atoms with Crippen molar-refractivity contribution in [2.24, 2.45) is 0 Å². The molecule has 0 amide bonds. The Bertz CT molecular complexity index is 321. The number of aryl methyl sites for hydroxylation is 2. The molecule has 0 bridgehead atoms. The van der Waals surface area contributed by atoms with Crippen LogP contribution in [0.4, 0.5) is 5.69 Å². The topological polar surface area (TPSA) is 38.3 Å². The first kappa shape index (κ1) is 9.58. The summed E-state index contributed by atoms with van der Waals surface area (Å²) in [5.74, 6) is -0.349. The molecule has 0 radical (unpaired) electrons. The molecule has 0 unspecified atom stereocenters. The van der Waals surface area contributed by atoms with Gasteiger partial charge in [-0.05, 0) is 37.1 Å². The molecule has 0 spiro atoms. The molecule has 1 N–H and O–H groups in total. The fourth-order valence-corrected chi connectivity index (χ4v) is 0.936. The summed E-state index contributed by atoms with van der Waals surface area (Å²) in [6.45, 7) is 5.40. The molecule has 0 atom stereocenters. The van der Waals surface area contributed by atoms with Crippen molar-refractivity contribution in [3.63, 3.8) is 0 Å². The maximum atomic E-state index is 10.5. The second-order valence-electron chi connectivity index (χ2n) is 2.99. The first-order valence-corrected chi connectivity index (χ1v) is 4.10. The van der Waals surface area contributed by atoms with Gasteiger partial charge >= 0.3 is 5.97 Å². The number of hydrogen-bond donors (Lipinski definition) is 1. The normalized spacial score (nSPS) is 9.46. The van der Waals surface area contributed by atoms with E-state index in [4.69, 9.17) is 0 Å². The third-order valence-electron chi connectivity index (χ3n) is 1.82. The molecule has 0 aliphatic carbocycles. The molecule has 0 saturated heterocycles. The molecular formula is C10H13NO2. The zero-order valence-electron chi connectivity index (χ0n) is 8.05. The van der Waals surface area contributed by atoms with Crippen molar-refractivity contribution in [2.45, 2.75) is 20.8 Å². The van der Waals surface area contributed by atoms with E-state index in [9.17, 15) is 4.79 Å². The van der Waals surface area contributed by atoms with Crippen LogP contribution in [-0.4, -0.2) is 5.97 Å². The number of carbonyl (C=O) groups excluding carboxylic acids is 1. The van der Waals surface area contributed by atoms with Gasteiger partial charge in [0.2, 0.25) is 0 Å². The van der Waals surface area contributed by atoms with Crippen LogP contribution >= 0.6 is 0 Å². The van der Waals surface area contributed by atoms with Crippen molar-refractivity contribution in [1.29, 1.82) is 0 Å². The monoisotopic (exact) mass is 179 g/mol. The van der Waals surface area contributed by atoms with Crippen molar-refractivity contribution >= 4 is 11.7 Å². The number of hydrogen-bond acceptors (Lipinski definition) is 3. The van der Waals surface area contributed by atoms with Gasteiger partial charge in [0.25, 0.3) is 0 Å². The van der Waals surface area contributed by atoms with Crippen molar-refractivity contribution in [1.82, 2.24) is 0 Å². The third kappa shape index (κ3) is 2.78. The molecule has 0 fully saturated rings. The van der Waals surface area contributed by atoms with Gasteiger partial charge in [-0.1, -0.05) is 6.07 Å². The Labute approximate surface area is 77.7 Å². The number of nitrogens with one attached hydrogen (secondary N) is 1. The largest absolute Gasteiger partial charge is 0.344 e. The Hall–Kier alpha value is -1.51. The second kappa shape index (κ2) is 3.94. The minimum absolute atomic E-state index is 0.349. The van der Waals surface area contributed by atoms with Crippen LogP contribution in [0.15, 0.2) is 18.2 Å². The molecule has 0 aliphatic heterocycles. The van der Waals surface area contributed by atoms with Crippen molar-refractivity contribution in [2.75, 3.05) is 5.48 Å². The molecule has 1 aromatic carbocycles. The Kier molecular flexibility index (Phi) is 2.90. The second-order valence-corrected chi connectivity index (χ2v) is 2.99. The predicted molar refractivity (Wildman–Crippen MR) is 51.3 cm³/mol. The minimum Gasteiger partial charge on any atom is -0.344 e. The zero-order chi connectivity index (χ0) is 9.84. The highest BCUT2D eigenvalue weighted by molar-refractivity contribution is 5.67. The molecule has 0 aromatic heterocycles. The van der Waals surface area contributed by atoms with E-state index in [0.29, 0.717) is 0 Å². The Balaban J connectivity index is 2.68. The fraction of sp³-hybridized carbons (Fsp3) is 0.300. The number of anilines is 1. The number of benzene rings is 1. The molecule has 0 saturated carbocycles. The highest BCUT2D eigenvalue weighted by atomic mass is 16.7. The third-order valence-corrected chi connectivity index (χ3v) is 1.82. The molecule has 13 heavy (non-hydrogen) atoms. The summed E-state index contributed by atoms with van der Waals surface area (Å²) < 4.78 is 0. The van der Waals surface area contributed by atoms with E-state index in [2.05, 4.69) is 10.3 Å². The predicted octanol–water partition coefficient (Wildman–Crippen LogP) is 2.19. The van der Waals surface area contributed by atoms with Gasteiger partial charge in [0.15, 0.2) is 0 Å². The standard InChI is InChI=1S/C10H13NO2/c1-7-4-5-10(6-8(7)2)11-13-9(3)12/h4-6,11H,1-3H3. The fourth-order valence-electron chi connectivity index (χ4n) is 0.936. The lowest BCUT2D eigenvalue weighted by atomic mass is 10.1. The Morgan fingerprint density at radius 1 is 1.31 bits per heavy atom. The molecule has 1 rings (SSSR count). The van der Waals surface area contributed by atoms with Crippen LogP contribution in [0.5, 0.6) is 0 Å². The number of rotatable bonds is 2. The van der Waals surface area contributed by atoms with Crippen LogP contribution in [0.3, 0.4) is 0 Å². The van der Waals surface area contributed by atoms with E-state index in [1.807, 2.05) is 32.0 Å². The lowest BCUT2D eigenvalue weighted by Crippen LogP contribution is -2.06. The summed E-state index contributed by atoms with van der Waals surface area (Å²) in [7, 11) is 0. The number of carbonyl (C=O) groups is 1. The summed E-state index contributed by atoms with van der Waals surface area (Å²) in [5.41, 5.74) is 5.73. The van der Waals surface area contributed by atoms with Crippen LogP contribution < -0.4 is 5.48 Å². The zero-order valence-corrected chi connectivity index (χ0v) is 8.05. The summed E-state index contributed by atoms with van der Waals surface area (Å²) in [4.78, 5) is 15.1. The van der Waals surface area contributed by atoms with Crippen molar-refractivity contribution < 1.29 is 9.63 Å². The van der Waals surface area contributed by atoms with Gasteiger partial charge in [-0.2, -0.15) is 0 Å². The molecule has 0 aliphatic rings. The molecule has 3 heteroatoms. The molecular weight excluding hydrogens is 166 g/mol. The van der Waals surface area contributed by atoms with E-state index in [1.165, 1.54) is 12.5 Å². The van der Waals surface area contributed by atoms with Gasteiger partial charge in [-0.3, -0.25) is 4.79 Å². The SMILES string of the molecule is CC(=O)ONc1ccc(C)c(C)c1. The van der Waals surface area contributed by atoms with E-state index in [1.54, 1.807) is 0 Å². The van der Waals surface area contributed by atoms with Gasteiger partial charge < -0.3 is 4.84 Å². The summed E-state index contributed by atoms with van der Waals surface area (Å²) in [6, 6.07) is 5.77.